The lowest BCUT2D eigenvalue weighted by molar-refractivity contribution is 0.125. The molecule has 1 aliphatic rings. The van der Waals surface area contributed by atoms with Crippen molar-refractivity contribution in [1.29, 1.82) is 0 Å². The van der Waals surface area contributed by atoms with Gasteiger partial charge in [0.25, 0.3) is 5.95 Å². The summed E-state index contributed by atoms with van der Waals surface area (Å²) < 4.78 is 23.6. The van der Waals surface area contributed by atoms with E-state index in [2.05, 4.69) is 25.1 Å². The molecule has 4 aromatic heterocycles. The summed E-state index contributed by atoms with van der Waals surface area (Å²) in [5.74, 6) is 0.463. The van der Waals surface area contributed by atoms with Crippen LogP contribution in [0.15, 0.2) is 43.0 Å². The van der Waals surface area contributed by atoms with Crippen molar-refractivity contribution in [3.8, 4) is 17.0 Å². The first kappa shape index (κ1) is 19.5. The molecular weight excluding hydrogens is 397 g/mol. The van der Waals surface area contributed by atoms with Gasteiger partial charge >= 0.3 is 0 Å². The van der Waals surface area contributed by atoms with Crippen molar-refractivity contribution in [3.63, 3.8) is 0 Å². The number of aryl methyl sites for hydroxylation is 1. The molecule has 160 valence electrons. The van der Waals surface area contributed by atoms with E-state index < -0.39 is 5.95 Å². The highest BCUT2D eigenvalue weighted by atomic mass is 19.1. The van der Waals surface area contributed by atoms with E-state index in [1.54, 1.807) is 16.8 Å². The SMILES string of the molecule is CNc1cc2c(cn1)c(-c1cnn(C)c1)nn2C1CCC(Oc2cccnc2F)CC1. The Balaban J connectivity index is 1.42. The smallest absolute Gasteiger partial charge is 0.255 e. The molecule has 0 radical (unpaired) electrons. The highest BCUT2D eigenvalue weighted by Gasteiger charge is 2.27. The second kappa shape index (κ2) is 7.98. The van der Waals surface area contributed by atoms with Gasteiger partial charge in [0.05, 0.1) is 23.9 Å². The van der Waals surface area contributed by atoms with Crippen LogP contribution in [0.4, 0.5) is 10.2 Å². The molecule has 0 spiro atoms. The number of nitrogens with one attached hydrogen (secondary N) is 1. The number of rotatable bonds is 5. The number of aromatic nitrogens is 6. The molecule has 31 heavy (non-hydrogen) atoms. The van der Waals surface area contributed by atoms with Crippen molar-refractivity contribution in [3.05, 3.63) is 48.9 Å². The van der Waals surface area contributed by atoms with Crippen LogP contribution in [0.5, 0.6) is 5.75 Å². The van der Waals surface area contributed by atoms with Gasteiger partial charge in [0.2, 0.25) is 0 Å². The predicted octanol–water partition coefficient (Wildman–Crippen LogP) is 3.97. The summed E-state index contributed by atoms with van der Waals surface area (Å²) in [5.41, 5.74) is 2.89. The zero-order valence-corrected chi connectivity index (χ0v) is 17.5. The number of ether oxygens (including phenoxy) is 1. The van der Waals surface area contributed by atoms with Gasteiger partial charge in [-0.3, -0.25) is 9.36 Å². The number of nitrogens with zero attached hydrogens (tertiary/aromatic N) is 6. The van der Waals surface area contributed by atoms with Crippen LogP contribution in [0.25, 0.3) is 22.2 Å². The van der Waals surface area contributed by atoms with Gasteiger partial charge in [0.15, 0.2) is 5.75 Å². The third-order valence-electron chi connectivity index (χ3n) is 5.83. The van der Waals surface area contributed by atoms with Crippen molar-refractivity contribution in [2.75, 3.05) is 12.4 Å². The number of anilines is 1. The van der Waals surface area contributed by atoms with E-state index in [9.17, 15) is 4.39 Å². The highest BCUT2D eigenvalue weighted by molar-refractivity contribution is 5.93. The first-order valence-electron chi connectivity index (χ1n) is 10.4. The average molecular weight is 421 g/mol. The van der Waals surface area contributed by atoms with E-state index in [1.165, 1.54) is 6.20 Å². The lowest BCUT2D eigenvalue weighted by Gasteiger charge is -2.29. The molecule has 1 fully saturated rings. The predicted molar refractivity (Wildman–Crippen MR) is 115 cm³/mol. The van der Waals surface area contributed by atoms with Crippen molar-refractivity contribution in [2.24, 2.45) is 7.05 Å². The molecule has 1 N–H and O–H groups in total. The fraction of sp³-hybridized carbons (Fsp3) is 0.364. The van der Waals surface area contributed by atoms with E-state index in [1.807, 2.05) is 38.8 Å². The molecular formula is C22H24FN7O. The zero-order chi connectivity index (χ0) is 21.4. The number of pyridine rings is 2. The molecule has 9 heteroatoms. The number of hydrogen-bond acceptors (Lipinski definition) is 6. The average Bonchev–Trinajstić information content (AvgIpc) is 3.39. The number of fused-ring (bicyclic) bond motifs is 1. The monoisotopic (exact) mass is 421 g/mol. The molecule has 4 aromatic rings. The second-order valence-corrected chi connectivity index (χ2v) is 7.87. The second-order valence-electron chi connectivity index (χ2n) is 7.87. The normalized spacial score (nSPS) is 18.9. The minimum absolute atomic E-state index is 0.0240. The highest BCUT2D eigenvalue weighted by Crippen LogP contribution is 2.36. The summed E-state index contributed by atoms with van der Waals surface area (Å²) in [7, 11) is 3.75. The molecule has 1 aliphatic carbocycles. The van der Waals surface area contributed by atoms with Crippen LogP contribution in [0.2, 0.25) is 0 Å². The number of halogens is 1. The van der Waals surface area contributed by atoms with Gasteiger partial charge < -0.3 is 10.1 Å². The molecule has 0 amide bonds. The summed E-state index contributed by atoms with van der Waals surface area (Å²) in [6, 6.07) is 5.59. The molecule has 8 nitrogen and oxygen atoms in total. The van der Waals surface area contributed by atoms with Crippen molar-refractivity contribution in [2.45, 2.75) is 37.8 Å². The first-order valence-corrected chi connectivity index (χ1v) is 10.4. The molecule has 0 atom stereocenters. The van der Waals surface area contributed by atoms with E-state index in [0.717, 1.165) is 53.7 Å². The Hall–Kier alpha value is -3.49. The maximum atomic E-state index is 13.8. The molecule has 4 heterocycles. The Morgan fingerprint density at radius 3 is 2.71 bits per heavy atom. The Bertz CT molecular complexity index is 1210. The van der Waals surface area contributed by atoms with E-state index in [-0.39, 0.29) is 17.9 Å². The lowest BCUT2D eigenvalue weighted by atomic mass is 9.93. The summed E-state index contributed by atoms with van der Waals surface area (Å²) in [6.45, 7) is 0. The molecule has 0 unspecified atom stereocenters. The molecule has 1 saturated carbocycles. The molecule has 5 rings (SSSR count). The van der Waals surface area contributed by atoms with E-state index in [4.69, 9.17) is 9.84 Å². The number of hydrogen-bond donors (Lipinski definition) is 1. The van der Waals surface area contributed by atoms with Crippen molar-refractivity contribution >= 4 is 16.7 Å². The Kier molecular flexibility index (Phi) is 5.01. The van der Waals surface area contributed by atoms with Gasteiger partial charge in [-0.15, -0.1) is 0 Å². The minimum atomic E-state index is -0.559. The third-order valence-corrected chi connectivity index (χ3v) is 5.83. The zero-order valence-electron chi connectivity index (χ0n) is 17.5. The van der Waals surface area contributed by atoms with Crippen LogP contribution >= 0.6 is 0 Å². The Labute approximate surface area is 179 Å². The van der Waals surface area contributed by atoms with Gasteiger partial charge in [-0.05, 0) is 37.8 Å². The van der Waals surface area contributed by atoms with Gasteiger partial charge in [-0.25, -0.2) is 9.97 Å². The van der Waals surface area contributed by atoms with Gasteiger partial charge in [-0.1, -0.05) is 0 Å². The molecule has 0 aliphatic heterocycles. The standard InChI is InChI=1S/C22H24FN7O/c1-24-20-10-18-17(12-26-20)21(14-11-27-29(2)13-14)28-30(18)15-5-7-16(8-6-15)31-19-4-3-9-25-22(19)23/h3-4,9-13,15-16H,5-8H2,1-2H3,(H,24,26). The van der Waals surface area contributed by atoms with E-state index >= 15 is 0 Å². The maximum absolute atomic E-state index is 13.8. The molecule has 0 saturated heterocycles. The van der Waals surface area contributed by atoms with Gasteiger partial charge in [0, 0.05) is 49.7 Å². The summed E-state index contributed by atoms with van der Waals surface area (Å²) in [6.07, 6.45) is 10.5. The van der Waals surface area contributed by atoms with Crippen molar-refractivity contribution < 1.29 is 9.13 Å². The fourth-order valence-corrected chi connectivity index (χ4v) is 4.25. The summed E-state index contributed by atoms with van der Waals surface area (Å²) in [5, 5.41) is 13.4. The summed E-state index contributed by atoms with van der Waals surface area (Å²) >= 11 is 0. The van der Waals surface area contributed by atoms with E-state index in [0.29, 0.717) is 0 Å². The minimum Gasteiger partial charge on any atom is -0.486 e. The third kappa shape index (κ3) is 3.71. The van der Waals surface area contributed by atoms with Crippen LogP contribution in [0.3, 0.4) is 0 Å². The van der Waals surface area contributed by atoms with Crippen molar-refractivity contribution in [1.82, 2.24) is 29.5 Å². The van der Waals surface area contributed by atoms with Crippen LogP contribution in [-0.4, -0.2) is 42.7 Å². The van der Waals surface area contributed by atoms with Gasteiger partial charge in [0.1, 0.15) is 11.5 Å². The first-order chi connectivity index (χ1) is 15.1. The molecule has 0 bridgehead atoms. The van der Waals surface area contributed by atoms with Crippen LogP contribution < -0.4 is 10.1 Å². The largest absolute Gasteiger partial charge is 0.486 e. The fourth-order valence-electron chi connectivity index (χ4n) is 4.25. The lowest BCUT2D eigenvalue weighted by Crippen LogP contribution is -2.26. The Morgan fingerprint density at radius 2 is 2.00 bits per heavy atom. The Morgan fingerprint density at radius 1 is 1.16 bits per heavy atom. The van der Waals surface area contributed by atoms with Crippen LogP contribution in [0.1, 0.15) is 31.7 Å². The summed E-state index contributed by atoms with van der Waals surface area (Å²) in [4.78, 5) is 8.16. The maximum Gasteiger partial charge on any atom is 0.255 e. The molecule has 0 aromatic carbocycles. The van der Waals surface area contributed by atoms with Crippen LogP contribution in [0, 0.1) is 5.95 Å². The van der Waals surface area contributed by atoms with Crippen LogP contribution in [-0.2, 0) is 7.05 Å². The topological polar surface area (TPSA) is 82.7 Å². The quantitative estimate of drug-likeness (QED) is 0.491. The van der Waals surface area contributed by atoms with Gasteiger partial charge in [-0.2, -0.15) is 14.6 Å².